The van der Waals surface area contributed by atoms with E-state index in [1.54, 1.807) is 12.1 Å². The highest BCUT2D eigenvalue weighted by atomic mass is 127. The molecule has 2 N–H and O–H groups in total. The summed E-state index contributed by atoms with van der Waals surface area (Å²) in [6, 6.07) is 5.05. The van der Waals surface area contributed by atoms with Gasteiger partial charge in [-0.2, -0.15) is 13.2 Å². The molecule has 2 aliphatic rings. The van der Waals surface area contributed by atoms with Crippen molar-refractivity contribution in [3.8, 4) is 11.5 Å². The predicted molar refractivity (Wildman–Crippen MR) is 114 cm³/mol. The Kier molecular flexibility index (Phi) is 8.68. The molecule has 164 valence electrons. The molecule has 2 fully saturated rings. The van der Waals surface area contributed by atoms with Gasteiger partial charge in [0.1, 0.15) is 0 Å². The maximum Gasteiger partial charge on any atom is 0.422 e. The minimum absolute atomic E-state index is 0. The zero-order valence-electron chi connectivity index (χ0n) is 16.4. The molecule has 0 spiro atoms. The maximum atomic E-state index is 12.4. The average molecular weight is 529 g/mol. The van der Waals surface area contributed by atoms with E-state index >= 15 is 0 Å². The van der Waals surface area contributed by atoms with Gasteiger partial charge in [-0.1, -0.05) is 6.07 Å². The number of halogens is 4. The Hall–Kier alpha value is -1.43. The fourth-order valence-corrected chi connectivity index (χ4v) is 3.54. The van der Waals surface area contributed by atoms with Crippen molar-refractivity contribution in [3.05, 3.63) is 23.8 Å². The van der Waals surface area contributed by atoms with Gasteiger partial charge in [-0.3, -0.25) is 0 Å². The quantitative estimate of drug-likeness (QED) is 0.321. The van der Waals surface area contributed by atoms with Gasteiger partial charge in [-0.05, 0) is 43.9 Å². The van der Waals surface area contributed by atoms with E-state index < -0.39 is 12.8 Å². The number of hydrogen-bond acceptors (Lipinski definition) is 4. The summed E-state index contributed by atoms with van der Waals surface area (Å²) in [4.78, 5) is 4.58. The molecular formula is C19H27F3IN3O3. The van der Waals surface area contributed by atoms with Gasteiger partial charge < -0.3 is 24.8 Å². The van der Waals surface area contributed by atoms with Gasteiger partial charge in [-0.25, -0.2) is 4.99 Å². The highest BCUT2D eigenvalue weighted by Gasteiger charge is 2.41. The number of guanidine groups is 1. The molecule has 10 heteroatoms. The number of hydrogen-bond donors (Lipinski definition) is 2. The zero-order chi connectivity index (χ0) is 20.1. The topological polar surface area (TPSA) is 64.1 Å². The van der Waals surface area contributed by atoms with E-state index in [1.807, 2.05) is 6.92 Å². The van der Waals surface area contributed by atoms with Crippen molar-refractivity contribution in [1.29, 1.82) is 0 Å². The van der Waals surface area contributed by atoms with Gasteiger partial charge in [0.25, 0.3) is 0 Å². The number of ether oxygens (including phenoxy) is 3. The molecule has 0 aliphatic carbocycles. The van der Waals surface area contributed by atoms with Gasteiger partial charge in [0.2, 0.25) is 0 Å². The molecule has 2 heterocycles. The Morgan fingerprint density at radius 1 is 1.28 bits per heavy atom. The van der Waals surface area contributed by atoms with Gasteiger partial charge in [-0.15, -0.1) is 24.0 Å². The fourth-order valence-electron chi connectivity index (χ4n) is 3.54. The minimum Gasteiger partial charge on any atom is -0.493 e. The number of methoxy groups -OCH3 is 1. The van der Waals surface area contributed by atoms with E-state index in [-0.39, 0.29) is 47.6 Å². The molecule has 1 aromatic rings. The molecule has 0 saturated carbocycles. The molecule has 2 bridgehead atoms. The number of aliphatic imine (C=N–C) groups is 1. The van der Waals surface area contributed by atoms with Crippen LogP contribution in [0.15, 0.2) is 23.2 Å². The summed E-state index contributed by atoms with van der Waals surface area (Å²) >= 11 is 0. The number of nitrogens with zero attached hydrogens (tertiary/aromatic N) is 1. The third-order valence-electron chi connectivity index (χ3n) is 4.81. The van der Waals surface area contributed by atoms with Crippen LogP contribution in [0.2, 0.25) is 0 Å². The fraction of sp³-hybridized carbons (Fsp3) is 0.632. The second kappa shape index (κ2) is 10.6. The largest absolute Gasteiger partial charge is 0.493 e. The van der Waals surface area contributed by atoms with Crippen LogP contribution in [0.25, 0.3) is 0 Å². The maximum absolute atomic E-state index is 12.4. The van der Waals surface area contributed by atoms with Crippen molar-refractivity contribution in [2.45, 2.75) is 57.2 Å². The lowest BCUT2D eigenvalue weighted by atomic mass is 9.96. The first kappa shape index (κ1) is 23.8. The van der Waals surface area contributed by atoms with Crippen LogP contribution in [-0.2, 0) is 11.3 Å². The first-order valence-electron chi connectivity index (χ1n) is 9.44. The third-order valence-corrected chi connectivity index (χ3v) is 4.81. The molecule has 1 aromatic carbocycles. The predicted octanol–water partition coefficient (Wildman–Crippen LogP) is 3.63. The normalized spacial score (nSPS) is 23.5. The first-order chi connectivity index (χ1) is 13.4. The Balaban J connectivity index is 0.00000300. The summed E-state index contributed by atoms with van der Waals surface area (Å²) in [6.45, 7) is 1.71. The van der Waals surface area contributed by atoms with Crippen molar-refractivity contribution in [2.24, 2.45) is 4.99 Å². The monoisotopic (exact) mass is 529 g/mol. The van der Waals surface area contributed by atoms with Crippen LogP contribution in [0.3, 0.4) is 0 Å². The van der Waals surface area contributed by atoms with Crippen LogP contribution in [-0.4, -0.2) is 50.6 Å². The molecule has 0 aromatic heterocycles. The Morgan fingerprint density at radius 3 is 2.66 bits per heavy atom. The molecule has 2 aliphatic heterocycles. The summed E-state index contributed by atoms with van der Waals surface area (Å²) in [7, 11) is 1.39. The van der Waals surface area contributed by atoms with E-state index in [2.05, 4.69) is 15.6 Å². The lowest BCUT2D eigenvalue weighted by Crippen LogP contribution is -2.47. The second-order valence-electron chi connectivity index (χ2n) is 6.94. The van der Waals surface area contributed by atoms with Crippen LogP contribution >= 0.6 is 24.0 Å². The van der Waals surface area contributed by atoms with Crippen molar-refractivity contribution < 1.29 is 27.4 Å². The van der Waals surface area contributed by atoms with Crippen LogP contribution in [0.5, 0.6) is 11.5 Å². The molecule has 3 atom stereocenters. The number of benzene rings is 1. The molecule has 29 heavy (non-hydrogen) atoms. The Labute approximate surface area is 185 Å². The molecule has 0 radical (unpaired) electrons. The zero-order valence-corrected chi connectivity index (χ0v) is 18.8. The van der Waals surface area contributed by atoms with Crippen molar-refractivity contribution >= 4 is 29.9 Å². The van der Waals surface area contributed by atoms with E-state index in [9.17, 15) is 13.2 Å². The lowest BCUT2D eigenvalue weighted by molar-refractivity contribution is -0.153. The average Bonchev–Trinajstić information content (AvgIpc) is 3.27. The smallest absolute Gasteiger partial charge is 0.422 e. The van der Waals surface area contributed by atoms with E-state index in [0.717, 1.165) is 31.4 Å². The van der Waals surface area contributed by atoms with Crippen LogP contribution in [0, 0.1) is 0 Å². The van der Waals surface area contributed by atoms with Gasteiger partial charge in [0, 0.05) is 6.54 Å². The Morgan fingerprint density at radius 2 is 2.07 bits per heavy atom. The van der Waals surface area contributed by atoms with E-state index in [4.69, 9.17) is 14.2 Å². The first-order valence-corrected chi connectivity index (χ1v) is 9.44. The van der Waals surface area contributed by atoms with Crippen molar-refractivity contribution in [2.75, 3.05) is 20.3 Å². The molecule has 6 nitrogen and oxygen atoms in total. The number of fused-ring (bicyclic) bond motifs is 2. The number of alkyl halides is 3. The standard InChI is InChI=1S/C19H26F3N3O3.HI/c1-3-23-18(25-14-9-13-5-7-15(14)28-13)24-10-12-4-6-16(17(8-12)26-2)27-11-19(20,21)22;/h4,6,8,13-15H,3,5,7,9-11H2,1-2H3,(H2,23,24,25);1H. The van der Waals surface area contributed by atoms with Gasteiger partial charge in [0.15, 0.2) is 24.1 Å². The van der Waals surface area contributed by atoms with Crippen LogP contribution in [0.4, 0.5) is 13.2 Å². The molecule has 3 unspecified atom stereocenters. The second-order valence-corrected chi connectivity index (χ2v) is 6.94. The summed E-state index contributed by atoms with van der Waals surface area (Å²) in [5, 5.41) is 6.65. The summed E-state index contributed by atoms with van der Waals surface area (Å²) in [5.74, 6) is 0.994. The number of rotatable bonds is 7. The highest BCUT2D eigenvalue weighted by molar-refractivity contribution is 14.0. The molecular weight excluding hydrogens is 502 g/mol. The van der Waals surface area contributed by atoms with E-state index in [1.165, 1.54) is 13.2 Å². The van der Waals surface area contributed by atoms with Crippen molar-refractivity contribution in [1.82, 2.24) is 10.6 Å². The van der Waals surface area contributed by atoms with E-state index in [0.29, 0.717) is 18.6 Å². The van der Waals surface area contributed by atoms with Gasteiger partial charge in [0.05, 0.1) is 31.9 Å². The number of nitrogens with one attached hydrogen (secondary N) is 2. The van der Waals surface area contributed by atoms with Gasteiger partial charge >= 0.3 is 6.18 Å². The van der Waals surface area contributed by atoms with Crippen LogP contribution in [0.1, 0.15) is 31.7 Å². The summed E-state index contributed by atoms with van der Waals surface area (Å²) < 4.78 is 52.9. The molecule has 2 saturated heterocycles. The lowest BCUT2D eigenvalue weighted by Gasteiger charge is -2.22. The van der Waals surface area contributed by atoms with Crippen molar-refractivity contribution in [3.63, 3.8) is 0 Å². The minimum atomic E-state index is -4.40. The third kappa shape index (κ3) is 6.80. The highest BCUT2D eigenvalue weighted by Crippen LogP contribution is 2.34. The SMILES string of the molecule is CCNC(=NCc1ccc(OCC(F)(F)F)c(OC)c1)NC1CC2CCC1O2.I. The summed E-state index contributed by atoms with van der Waals surface area (Å²) in [6.07, 6.45) is -0.645. The van der Waals surface area contributed by atoms with Crippen LogP contribution < -0.4 is 20.1 Å². The Bertz CT molecular complexity index is 703. The molecule has 3 rings (SSSR count). The molecule has 0 amide bonds. The summed E-state index contributed by atoms with van der Waals surface area (Å²) in [5.41, 5.74) is 0.803.